The van der Waals surface area contributed by atoms with E-state index >= 15 is 0 Å². The fraction of sp³-hybridized carbons (Fsp3) is 0.619. The number of ether oxygens (including phenoxy) is 1. The van der Waals surface area contributed by atoms with Gasteiger partial charge in [0.1, 0.15) is 15.4 Å². The van der Waals surface area contributed by atoms with Crippen molar-refractivity contribution >= 4 is 21.8 Å². The summed E-state index contributed by atoms with van der Waals surface area (Å²) in [7, 11) is -3.15. The standard InChI is InChI=1S/C21H28F2N2O5S/c1-21(2,3)30-20(27)24-9-10-25(19(26)14-7-11-31(28,29)12-8-14)17(13-24)15-5-4-6-16(22)18(15)23/h4-6,14,17H,7-13H2,1-3H3. The van der Waals surface area contributed by atoms with Crippen molar-refractivity contribution in [3.63, 3.8) is 0 Å². The molecule has 1 unspecified atom stereocenters. The maximum atomic E-state index is 14.6. The van der Waals surface area contributed by atoms with E-state index in [1.807, 2.05) is 0 Å². The Labute approximate surface area is 181 Å². The third kappa shape index (κ3) is 5.53. The Hall–Kier alpha value is -2.23. The first-order chi connectivity index (χ1) is 14.4. The topological polar surface area (TPSA) is 84.0 Å². The first kappa shape index (κ1) is 23.4. The molecule has 2 heterocycles. The zero-order valence-corrected chi connectivity index (χ0v) is 18.8. The summed E-state index contributed by atoms with van der Waals surface area (Å²) < 4.78 is 57.4. The fourth-order valence-electron chi connectivity index (χ4n) is 3.95. The number of sulfone groups is 1. The highest BCUT2D eigenvalue weighted by molar-refractivity contribution is 7.91. The quantitative estimate of drug-likeness (QED) is 0.681. The van der Waals surface area contributed by atoms with E-state index in [0.717, 1.165) is 6.07 Å². The number of carbonyl (C=O) groups excluding carboxylic acids is 2. The summed E-state index contributed by atoms with van der Waals surface area (Å²) in [5, 5.41) is 0. The molecule has 0 N–H and O–H groups in total. The predicted molar refractivity (Wildman–Crippen MR) is 110 cm³/mol. The van der Waals surface area contributed by atoms with Gasteiger partial charge in [0.25, 0.3) is 0 Å². The highest BCUT2D eigenvalue weighted by Gasteiger charge is 2.40. The van der Waals surface area contributed by atoms with Crippen LogP contribution in [0.1, 0.15) is 45.2 Å². The summed E-state index contributed by atoms with van der Waals surface area (Å²) in [5.74, 6) is -3.05. The molecule has 172 valence electrons. The smallest absolute Gasteiger partial charge is 0.410 e. The molecule has 1 atom stereocenters. The van der Waals surface area contributed by atoms with Gasteiger partial charge in [0, 0.05) is 31.1 Å². The Morgan fingerprint density at radius 1 is 1.10 bits per heavy atom. The van der Waals surface area contributed by atoms with Crippen LogP contribution in [-0.4, -0.2) is 67.0 Å². The van der Waals surface area contributed by atoms with Crippen molar-refractivity contribution in [2.24, 2.45) is 5.92 Å². The number of nitrogens with zero attached hydrogens (tertiary/aromatic N) is 2. The van der Waals surface area contributed by atoms with Gasteiger partial charge in [-0.1, -0.05) is 12.1 Å². The minimum atomic E-state index is -3.15. The van der Waals surface area contributed by atoms with E-state index in [2.05, 4.69) is 0 Å². The fourth-order valence-corrected chi connectivity index (χ4v) is 5.45. The van der Waals surface area contributed by atoms with Gasteiger partial charge in [-0.15, -0.1) is 0 Å². The van der Waals surface area contributed by atoms with Crippen LogP contribution in [0.2, 0.25) is 0 Å². The molecule has 2 fully saturated rings. The number of carbonyl (C=O) groups is 2. The molecule has 0 aromatic heterocycles. The second-order valence-electron chi connectivity index (χ2n) is 9.04. The molecule has 10 heteroatoms. The normalized spacial score (nSPS) is 22.3. The summed E-state index contributed by atoms with van der Waals surface area (Å²) in [4.78, 5) is 28.6. The Balaban J connectivity index is 1.87. The van der Waals surface area contributed by atoms with E-state index in [1.165, 1.54) is 21.9 Å². The molecule has 3 rings (SSSR count). The van der Waals surface area contributed by atoms with Crippen molar-refractivity contribution in [2.75, 3.05) is 31.1 Å². The number of piperazine rings is 1. The highest BCUT2D eigenvalue weighted by atomic mass is 32.2. The molecule has 31 heavy (non-hydrogen) atoms. The van der Waals surface area contributed by atoms with Crippen LogP contribution in [-0.2, 0) is 19.4 Å². The lowest BCUT2D eigenvalue weighted by molar-refractivity contribution is -0.141. The number of rotatable bonds is 2. The van der Waals surface area contributed by atoms with E-state index < -0.39 is 45.1 Å². The van der Waals surface area contributed by atoms with Crippen molar-refractivity contribution in [1.29, 1.82) is 0 Å². The minimum Gasteiger partial charge on any atom is -0.444 e. The van der Waals surface area contributed by atoms with Crippen LogP contribution in [0.25, 0.3) is 0 Å². The number of halogens is 2. The molecule has 1 aromatic carbocycles. The van der Waals surface area contributed by atoms with Crippen LogP contribution in [0.4, 0.5) is 13.6 Å². The van der Waals surface area contributed by atoms with Crippen molar-refractivity contribution in [3.05, 3.63) is 35.4 Å². The number of hydrogen-bond donors (Lipinski definition) is 0. The summed E-state index contributed by atoms with van der Waals surface area (Å²) in [5.41, 5.74) is -0.748. The van der Waals surface area contributed by atoms with E-state index in [4.69, 9.17) is 4.74 Å². The van der Waals surface area contributed by atoms with Crippen molar-refractivity contribution in [3.8, 4) is 0 Å². The van der Waals surface area contributed by atoms with Gasteiger partial charge < -0.3 is 14.5 Å². The van der Waals surface area contributed by atoms with Gasteiger partial charge in [-0.05, 0) is 39.7 Å². The molecule has 7 nitrogen and oxygen atoms in total. The first-order valence-electron chi connectivity index (χ1n) is 10.3. The Kier molecular flexibility index (Phi) is 6.59. The van der Waals surface area contributed by atoms with Crippen LogP contribution in [0.5, 0.6) is 0 Å². The monoisotopic (exact) mass is 458 g/mol. The van der Waals surface area contributed by atoms with Crippen molar-refractivity contribution in [2.45, 2.75) is 45.3 Å². The van der Waals surface area contributed by atoms with Crippen LogP contribution < -0.4 is 0 Å². The maximum Gasteiger partial charge on any atom is 0.410 e. The van der Waals surface area contributed by atoms with E-state index in [1.54, 1.807) is 20.8 Å². The molecule has 2 saturated heterocycles. The zero-order chi connectivity index (χ0) is 23.0. The van der Waals surface area contributed by atoms with Crippen LogP contribution in [0.3, 0.4) is 0 Å². The Morgan fingerprint density at radius 2 is 1.74 bits per heavy atom. The van der Waals surface area contributed by atoms with E-state index in [9.17, 15) is 26.8 Å². The molecule has 1 aromatic rings. The largest absolute Gasteiger partial charge is 0.444 e. The molecule has 0 spiro atoms. The first-order valence-corrected chi connectivity index (χ1v) is 12.1. The third-order valence-electron chi connectivity index (χ3n) is 5.56. The Morgan fingerprint density at radius 3 is 2.35 bits per heavy atom. The SMILES string of the molecule is CC(C)(C)OC(=O)N1CCN(C(=O)C2CCS(=O)(=O)CC2)C(c2cccc(F)c2F)C1. The summed E-state index contributed by atoms with van der Waals surface area (Å²) >= 11 is 0. The lowest BCUT2D eigenvalue weighted by atomic mass is 9.96. The number of hydrogen-bond acceptors (Lipinski definition) is 5. The van der Waals surface area contributed by atoms with Gasteiger partial charge in [-0.3, -0.25) is 4.79 Å². The molecule has 2 amide bonds. The second kappa shape index (κ2) is 8.72. The van der Waals surface area contributed by atoms with E-state index in [0.29, 0.717) is 0 Å². The molecule has 0 bridgehead atoms. The van der Waals surface area contributed by atoms with Gasteiger partial charge in [-0.25, -0.2) is 22.0 Å². The molecule has 0 saturated carbocycles. The van der Waals surface area contributed by atoms with Gasteiger partial charge >= 0.3 is 6.09 Å². The molecular formula is C21H28F2N2O5S. The third-order valence-corrected chi connectivity index (χ3v) is 7.27. The van der Waals surface area contributed by atoms with Crippen LogP contribution in [0, 0.1) is 17.6 Å². The number of benzene rings is 1. The highest BCUT2D eigenvalue weighted by Crippen LogP contribution is 2.32. The van der Waals surface area contributed by atoms with Gasteiger partial charge in [0.05, 0.1) is 17.5 Å². The predicted octanol–water partition coefficient (Wildman–Crippen LogP) is 2.91. The molecular weight excluding hydrogens is 430 g/mol. The summed E-state index contributed by atoms with van der Waals surface area (Å²) in [6, 6.07) is 2.84. The maximum absolute atomic E-state index is 14.6. The molecule has 2 aliphatic rings. The van der Waals surface area contributed by atoms with Crippen LogP contribution in [0.15, 0.2) is 18.2 Å². The van der Waals surface area contributed by atoms with Crippen LogP contribution >= 0.6 is 0 Å². The van der Waals surface area contributed by atoms with E-state index in [-0.39, 0.29) is 55.5 Å². The van der Waals surface area contributed by atoms with Gasteiger partial charge in [-0.2, -0.15) is 0 Å². The molecule has 2 aliphatic heterocycles. The average molecular weight is 459 g/mol. The van der Waals surface area contributed by atoms with Gasteiger partial charge in [0.2, 0.25) is 5.91 Å². The Bertz CT molecular complexity index is 947. The lowest BCUT2D eigenvalue weighted by Gasteiger charge is -2.43. The number of amides is 2. The summed E-state index contributed by atoms with van der Waals surface area (Å²) in [6.45, 7) is 5.43. The van der Waals surface area contributed by atoms with Crippen molar-refractivity contribution in [1.82, 2.24) is 9.80 Å². The average Bonchev–Trinajstić information content (AvgIpc) is 2.68. The lowest BCUT2D eigenvalue weighted by Crippen LogP contribution is -2.55. The second-order valence-corrected chi connectivity index (χ2v) is 11.3. The molecule has 0 radical (unpaired) electrons. The zero-order valence-electron chi connectivity index (χ0n) is 17.9. The van der Waals surface area contributed by atoms with Crippen molar-refractivity contribution < 1.29 is 31.5 Å². The van der Waals surface area contributed by atoms with Gasteiger partial charge in [0.15, 0.2) is 11.6 Å². The summed E-state index contributed by atoms with van der Waals surface area (Å²) in [6.07, 6.45) is -0.192. The minimum absolute atomic E-state index is 0.0231. The molecule has 0 aliphatic carbocycles.